The van der Waals surface area contributed by atoms with Gasteiger partial charge >= 0.3 is 0 Å². The van der Waals surface area contributed by atoms with Gasteiger partial charge in [0.1, 0.15) is 0 Å². The highest BCUT2D eigenvalue weighted by molar-refractivity contribution is 5.20. The molecule has 100 valence electrons. The lowest BCUT2D eigenvalue weighted by Gasteiger charge is -2.22. The lowest BCUT2D eigenvalue weighted by atomic mass is 9.90. The maximum Gasteiger partial charge on any atom is 0.213 e. The van der Waals surface area contributed by atoms with Gasteiger partial charge in [0.25, 0.3) is 0 Å². The molecule has 1 fully saturated rings. The lowest BCUT2D eigenvalue weighted by molar-refractivity contribution is 0.202. The smallest absolute Gasteiger partial charge is 0.213 e. The monoisotopic (exact) mass is 247 g/mol. The third-order valence-electron chi connectivity index (χ3n) is 3.68. The molecule has 18 heavy (non-hydrogen) atoms. The van der Waals surface area contributed by atoms with Gasteiger partial charge in [-0.15, -0.1) is 0 Å². The second kappa shape index (κ2) is 5.73. The summed E-state index contributed by atoms with van der Waals surface area (Å²) in [7, 11) is 0. The van der Waals surface area contributed by atoms with Crippen LogP contribution in [0, 0.1) is 5.92 Å². The van der Waals surface area contributed by atoms with Crippen molar-refractivity contribution in [1.29, 1.82) is 0 Å². The van der Waals surface area contributed by atoms with Crippen LogP contribution in [0.1, 0.15) is 58.6 Å². The minimum atomic E-state index is 0.0875. The van der Waals surface area contributed by atoms with Gasteiger partial charge in [-0.3, -0.25) is 0 Å². The number of nitrogens with zero attached hydrogens (tertiary/aromatic N) is 1. The van der Waals surface area contributed by atoms with E-state index in [4.69, 9.17) is 4.74 Å². The molecule has 0 aromatic carbocycles. The number of rotatable bonds is 3. The van der Waals surface area contributed by atoms with Crippen molar-refractivity contribution in [3.63, 3.8) is 0 Å². The van der Waals surface area contributed by atoms with Gasteiger partial charge in [-0.2, -0.15) is 0 Å². The van der Waals surface area contributed by atoms with E-state index < -0.39 is 0 Å². The molecule has 2 rings (SSSR count). The molecule has 0 bridgehead atoms. The highest BCUT2D eigenvalue weighted by atomic mass is 16.5. The Hall–Kier alpha value is -1.05. The van der Waals surface area contributed by atoms with E-state index in [0.29, 0.717) is 0 Å². The van der Waals surface area contributed by atoms with Gasteiger partial charge < -0.3 is 4.74 Å². The molecule has 0 spiro atoms. The van der Waals surface area contributed by atoms with Crippen LogP contribution in [0.2, 0.25) is 0 Å². The van der Waals surface area contributed by atoms with Crippen LogP contribution in [-0.4, -0.2) is 11.6 Å². The van der Waals surface area contributed by atoms with Gasteiger partial charge in [0, 0.05) is 17.2 Å². The molecule has 1 saturated carbocycles. The van der Waals surface area contributed by atoms with Crippen molar-refractivity contribution in [2.75, 3.05) is 6.61 Å². The van der Waals surface area contributed by atoms with E-state index in [0.717, 1.165) is 24.1 Å². The largest absolute Gasteiger partial charge is 0.477 e. The Kier molecular flexibility index (Phi) is 4.26. The number of hydrogen-bond acceptors (Lipinski definition) is 2. The van der Waals surface area contributed by atoms with Crippen LogP contribution >= 0.6 is 0 Å². The van der Waals surface area contributed by atoms with Crippen LogP contribution in [-0.2, 0) is 5.41 Å². The maximum atomic E-state index is 5.87. The Labute approximate surface area is 111 Å². The predicted molar refractivity (Wildman–Crippen MR) is 75.0 cm³/mol. The first-order chi connectivity index (χ1) is 8.55. The first kappa shape index (κ1) is 13.4. The highest BCUT2D eigenvalue weighted by Gasteiger charge is 2.17. The molecule has 0 atom stereocenters. The van der Waals surface area contributed by atoms with Crippen LogP contribution < -0.4 is 4.74 Å². The summed E-state index contributed by atoms with van der Waals surface area (Å²) in [5.74, 6) is 1.52. The molecular weight excluding hydrogens is 222 g/mol. The van der Waals surface area contributed by atoms with Crippen molar-refractivity contribution in [1.82, 2.24) is 4.98 Å². The van der Waals surface area contributed by atoms with Crippen molar-refractivity contribution >= 4 is 0 Å². The topological polar surface area (TPSA) is 22.1 Å². The molecule has 2 nitrogen and oxygen atoms in total. The van der Waals surface area contributed by atoms with E-state index in [2.05, 4.69) is 31.8 Å². The normalized spacial score (nSPS) is 17.7. The van der Waals surface area contributed by atoms with Gasteiger partial charge in [-0.05, 0) is 24.8 Å². The van der Waals surface area contributed by atoms with E-state index in [1.165, 1.54) is 32.1 Å². The number of ether oxygens (including phenoxy) is 1. The molecule has 1 aliphatic rings. The average Bonchev–Trinajstić information content (AvgIpc) is 2.37. The summed E-state index contributed by atoms with van der Waals surface area (Å²) in [6, 6.07) is 6.09. The summed E-state index contributed by atoms with van der Waals surface area (Å²) in [5, 5.41) is 0. The van der Waals surface area contributed by atoms with Crippen LogP contribution in [0.3, 0.4) is 0 Å². The molecule has 1 heterocycles. The van der Waals surface area contributed by atoms with Gasteiger partial charge in [-0.25, -0.2) is 4.98 Å². The zero-order chi connectivity index (χ0) is 13.0. The Morgan fingerprint density at radius 2 is 1.89 bits per heavy atom. The van der Waals surface area contributed by atoms with Crippen molar-refractivity contribution in [3.05, 3.63) is 23.9 Å². The van der Waals surface area contributed by atoms with Crippen molar-refractivity contribution in [2.45, 2.75) is 58.3 Å². The van der Waals surface area contributed by atoms with Gasteiger partial charge in [0.05, 0.1) is 6.61 Å². The van der Waals surface area contributed by atoms with E-state index in [1.54, 1.807) is 0 Å². The molecule has 0 radical (unpaired) electrons. The molecule has 0 amide bonds. The summed E-state index contributed by atoms with van der Waals surface area (Å²) < 4.78 is 5.87. The lowest BCUT2D eigenvalue weighted by Crippen LogP contribution is -2.17. The van der Waals surface area contributed by atoms with Crippen molar-refractivity contribution < 1.29 is 4.74 Å². The molecule has 1 aromatic heterocycles. The Balaban J connectivity index is 1.92. The zero-order valence-electron chi connectivity index (χ0n) is 11.9. The first-order valence-corrected chi connectivity index (χ1v) is 7.16. The fraction of sp³-hybridized carbons (Fsp3) is 0.688. The Morgan fingerprint density at radius 1 is 1.17 bits per heavy atom. The van der Waals surface area contributed by atoms with Gasteiger partial charge in [-0.1, -0.05) is 46.1 Å². The number of hydrogen-bond donors (Lipinski definition) is 0. The fourth-order valence-corrected chi connectivity index (χ4v) is 2.47. The van der Waals surface area contributed by atoms with E-state index in [1.807, 2.05) is 12.1 Å². The molecule has 0 saturated heterocycles. The molecule has 1 aliphatic carbocycles. The van der Waals surface area contributed by atoms with E-state index in [-0.39, 0.29) is 5.41 Å². The van der Waals surface area contributed by atoms with Crippen LogP contribution in [0.25, 0.3) is 0 Å². The third-order valence-corrected chi connectivity index (χ3v) is 3.68. The fourth-order valence-electron chi connectivity index (χ4n) is 2.47. The predicted octanol–water partition coefficient (Wildman–Crippen LogP) is 4.34. The van der Waals surface area contributed by atoms with Crippen LogP contribution in [0.4, 0.5) is 0 Å². The third kappa shape index (κ3) is 3.72. The maximum absolute atomic E-state index is 5.87. The summed E-state index contributed by atoms with van der Waals surface area (Å²) in [6.07, 6.45) is 6.76. The first-order valence-electron chi connectivity index (χ1n) is 7.16. The zero-order valence-corrected chi connectivity index (χ0v) is 11.9. The van der Waals surface area contributed by atoms with Crippen LogP contribution in [0.15, 0.2) is 18.2 Å². The number of pyridine rings is 1. The van der Waals surface area contributed by atoms with Gasteiger partial charge in [0.2, 0.25) is 5.88 Å². The van der Waals surface area contributed by atoms with E-state index in [9.17, 15) is 0 Å². The molecular formula is C16H25NO. The molecule has 0 N–H and O–H groups in total. The quantitative estimate of drug-likeness (QED) is 0.792. The second-order valence-corrected chi connectivity index (χ2v) is 6.43. The van der Waals surface area contributed by atoms with Gasteiger partial charge in [0.15, 0.2) is 0 Å². The minimum absolute atomic E-state index is 0.0875. The van der Waals surface area contributed by atoms with E-state index >= 15 is 0 Å². The molecule has 0 aliphatic heterocycles. The summed E-state index contributed by atoms with van der Waals surface area (Å²) in [4.78, 5) is 4.61. The number of aromatic nitrogens is 1. The highest BCUT2D eigenvalue weighted by Crippen LogP contribution is 2.25. The summed E-state index contributed by atoms with van der Waals surface area (Å²) in [5.41, 5.74) is 1.19. The average molecular weight is 247 g/mol. The summed E-state index contributed by atoms with van der Waals surface area (Å²) >= 11 is 0. The Bertz CT molecular complexity index is 375. The SMILES string of the molecule is CC(C)(C)c1cccc(OCC2CCCCC2)n1. The van der Waals surface area contributed by atoms with Crippen molar-refractivity contribution in [3.8, 4) is 5.88 Å². The molecule has 0 unspecified atom stereocenters. The molecule has 1 aromatic rings. The van der Waals surface area contributed by atoms with Crippen molar-refractivity contribution in [2.24, 2.45) is 5.92 Å². The second-order valence-electron chi connectivity index (χ2n) is 6.43. The standard InChI is InChI=1S/C16H25NO/c1-16(2,3)14-10-7-11-15(17-14)18-12-13-8-5-4-6-9-13/h7,10-11,13H,4-6,8-9,12H2,1-3H3. The molecule has 2 heteroatoms. The minimum Gasteiger partial charge on any atom is -0.477 e. The van der Waals surface area contributed by atoms with Crippen LogP contribution in [0.5, 0.6) is 5.88 Å². The Morgan fingerprint density at radius 3 is 2.56 bits per heavy atom. The summed E-state index contributed by atoms with van der Waals surface area (Å²) in [6.45, 7) is 7.38.